The number of likely N-dealkylation sites (N-methyl/N-ethyl adjacent to an activating group) is 1. The number of hydrogen-bond donors (Lipinski definition) is 1. The summed E-state index contributed by atoms with van der Waals surface area (Å²) >= 11 is 0. The number of carbonyl (C=O) groups excluding carboxylic acids is 3. The molecule has 0 bridgehead atoms. The molecule has 1 aromatic carbocycles. The summed E-state index contributed by atoms with van der Waals surface area (Å²) < 4.78 is 0. The summed E-state index contributed by atoms with van der Waals surface area (Å²) in [5.41, 5.74) is -0.000682. The van der Waals surface area contributed by atoms with Crippen LogP contribution in [-0.2, 0) is 14.4 Å². The minimum atomic E-state index is -1.11. The maximum absolute atomic E-state index is 13.0. The smallest absolute Gasteiger partial charge is 0.323 e. The van der Waals surface area contributed by atoms with Gasteiger partial charge in [-0.15, -0.1) is 0 Å². The van der Waals surface area contributed by atoms with Crippen molar-refractivity contribution in [2.45, 2.75) is 32.4 Å². The van der Waals surface area contributed by atoms with Gasteiger partial charge in [-0.05, 0) is 32.4 Å². The first-order chi connectivity index (χ1) is 12.3. The van der Waals surface area contributed by atoms with Gasteiger partial charge in [0.05, 0.1) is 11.3 Å². The number of fused-ring (bicyclic) bond motifs is 3. The van der Waals surface area contributed by atoms with E-state index in [9.17, 15) is 19.2 Å². The van der Waals surface area contributed by atoms with Crippen LogP contribution in [0.15, 0.2) is 24.3 Å². The normalized spacial score (nSPS) is 21.5. The molecule has 2 heterocycles. The van der Waals surface area contributed by atoms with E-state index < -0.39 is 24.1 Å². The van der Waals surface area contributed by atoms with Crippen molar-refractivity contribution in [3.63, 3.8) is 0 Å². The molecular formula is C18H21N3O5. The number of anilines is 1. The number of rotatable bonds is 5. The highest BCUT2D eigenvalue weighted by molar-refractivity contribution is 6.11. The van der Waals surface area contributed by atoms with Crippen molar-refractivity contribution < 1.29 is 24.3 Å². The van der Waals surface area contributed by atoms with Gasteiger partial charge >= 0.3 is 5.97 Å². The molecular weight excluding hydrogens is 338 g/mol. The lowest BCUT2D eigenvalue weighted by Crippen LogP contribution is -2.64. The highest BCUT2D eigenvalue weighted by Gasteiger charge is 2.53. The Labute approximate surface area is 151 Å². The zero-order chi connectivity index (χ0) is 19.1. The number of carboxylic acids is 1. The second kappa shape index (κ2) is 6.44. The first-order valence-electron chi connectivity index (χ1n) is 8.53. The lowest BCUT2D eigenvalue weighted by molar-refractivity contribution is -0.145. The highest BCUT2D eigenvalue weighted by Crippen LogP contribution is 2.43. The minimum absolute atomic E-state index is 0.0946. The molecule has 0 spiro atoms. The number of para-hydroxylation sites is 1. The van der Waals surface area contributed by atoms with Crippen LogP contribution < -0.4 is 4.90 Å². The number of hydrogen-bond acceptors (Lipinski definition) is 4. The van der Waals surface area contributed by atoms with E-state index in [4.69, 9.17) is 5.11 Å². The molecule has 0 aromatic heterocycles. The highest BCUT2D eigenvalue weighted by atomic mass is 16.4. The maximum atomic E-state index is 13.0. The van der Waals surface area contributed by atoms with Crippen LogP contribution in [0.5, 0.6) is 0 Å². The Bertz CT molecular complexity index is 793. The molecule has 1 aromatic rings. The molecule has 1 atom stereocenters. The van der Waals surface area contributed by atoms with Gasteiger partial charge in [-0.1, -0.05) is 12.1 Å². The van der Waals surface area contributed by atoms with Gasteiger partial charge in [0.1, 0.15) is 18.8 Å². The van der Waals surface area contributed by atoms with Gasteiger partial charge in [0, 0.05) is 13.0 Å². The third-order valence-corrected chi connectivity index (χ3v) is 5.10. The SMILES string of the molecule is CCN(CC(=O)O)C(=O)CN1C(=O)c2ccccc2N2C(=O)CCC12C. The summed E-state index contributed by atoms with van der Waals surface area (Å²) in [5, 5.41) is 8.96. The molecule has 1 unspecified atom stereocenters. The molecule has 8 heteroatoms. The molecule has 8 nitrogen and oxygen atoms in total. The third-order valence-electron chi connectivity index (χ3n) is 5.10. The third kappa shape index (κ3) is 2.71. The predicted octanol–water partition coefficient (Wildman–Crippen LogP) is 0.918. The first-order valence-corrected chi connectivity index (χ1v) is 8.53. The average Bonchev–Trinajstić information content (AvgIpc) is 2.92. The summed E-state index contributed by atoms with van der Waals surface area (Å²) in [6.07, 6.45) is 0.708. The number of aliphatic carboxylic acids is 1. The Morgan fingerprint density at radius 1 is 1.27 bits per heavy atom. The fraction of sp³-hybridized carbons (Fsp3) is 0.444. The van der Waals surface area contributed by atoms with Gasteiger partial charge in [0.15, 0.2) is 0 Å². The van der Waals surface area contributed by atoms with Crippen LogP contribution in [-0.4, -0.2) is 63.9 Å². The molecule has 0 aliphatic carbocycles. The van der Waals surface area contributed by atoms with Crippen molar-refractivity contribution in [3.05, 3.63) is 29.8 Å². The fourth-order valence-electron chi connectivity index (χ4n) is 3.72. The predicted molar refractivity (Wildman–Crippen MR) is 92.5 cm³/mol. The van der Waals surface area contributed by atoms with Crippen molar-refractivity contribution in [3.8, 4) is 0 Å². The molecule has 1 fully saturated rings. The van der Waals surface area contributed by atoms with E-state index in [1.54, 1.807) is 43.0 Å². The van der Waals surface area contributed by atoms with Crippen molar-refractivity contribution in [1.29, 1.82) is 0 Å². The molecule has 0 saturated carbocycles. The molecule has 1 saturated heterocycles. The van der Waals surface area contributed by atoms with Crippen molar-refractivity contribution in [2.24, 2.45) is 0 Å². The Balaban J connectivity index is 1.97. The van der Waals surface area contributed by atoms with Gasteiger partial charge in [-0.2, -0.15) is 0 Å². The Kier molecular flexibility index (Phi) is 4.43. The van der Waals surface area contributed by atoms with E-state index in [-0.39, 0.29) is 31.3 Å². The molecule has 0 radical (unpaired) electrons. The Morgan fingerprint density at radius 3 is 2.62 bits per heavy atom. The van der Waals surface area contributed by atoms with E-state index in [2.05, 4.69) is 0 Å². The molecule has 138 valence electrons. The molecule has 3 rings (SSSR count). The van der Waals surface area contributed by atoms with Crippen molar-refractivity contribution in [1.82, 2.24) is 9.80 Å². The zero-order valence-electron chi connectivity index (χ0n) is 14.8. The van der Waals surface area contributed by atoms with E-state index in [1.807, 2.05) is 0 Å². The fourth-order valence-corrected chi connectivity index (χ4v) is 3.72. The number of carbonyl (C=O) groups is 4. The lowest BCUT2D eigenvalue weighted by Gasteiger charge is -2.48. The largest absolute Gasteiger partial charge is 0.480 e. The van der Waals surface area contributed by atoms with E-state index >= 15 is 0 Å². The standard InChI is InChI=1S/C18H21N3O5/c1-3-19(11-16(24)25)15(23)10-20-17(26)12-6-4-5-7-13(12)21-14(22)8-9-18(20,21)2/h4-7H,3,8-11H2,1-2H3,(H,24,25). The summed E-state index contributed by atoms with van der Waals surface area (Å²) in [5.74, 6) is -1.99. The molecule has 2 aliphatic heterocycles. The number of nitrogens with zero attached hydrogens (tertiary/aromatic N) is 3. The van der Waals surface area contributed by atoms with Gasteiger partial charge in [0.25, 0.3) is 5.91 Å². The van der Waals surface area contributed by atoms with Crippen LogP contribution in [0.1, 0.15) is 37.0 Å². The topological polar surface area (TPSA) is 98.2 Å². The van der Waals surface area contributed by atoms with E-state index in [1.165, 1.54) is 9.80 Å². The molecule has 3 amide bonds. The van der Waals surface area contributed by atoms with Crippen LogP contribution in [0.4, 0.5) is 5.69 Å². The first kappa shape index (κ1) is 17.9. The quantitative estimate of drug-likeness (QED) is 0.843. The number of carboxylic acid groups (broad SMARTS) is 1. The van der Waals surface area contributed by atoms with Crippen molar-refractivity contribution in [2.75, 3.05) is 24.5 Å². The summed E-state index contributed by atoms with van der Waals surface area (Å²) in [4.78, 5) is 53.2. The Hall–Kier alpha value is -2.90. The van der Waals surface area contributed by atoms with Gasteiger partial charge in [-0.25, -0.2) is 0 Å². The van der Waals surface area contributed by atoms with Crippen LogP contribution in [0.2, 0.25) is 0 Å². The van der Waals surface area contributed by atoms with E-state index in [0.29, 0.717) is 17.7 Å². The van der Waals surface area contributed by atoms with Crippen LogP contribution in [0.3, 0.4) is 0 Å². The van der Waals surface area contributed by atoms with Crippen LogP contribution in [0.25, 0.3) is 0 Å². The van der Waals surface area contributed by atoms with E-state index in [0.717, 1.165) is 0 Å². The summed E-state index contributed by atoms with van der Waals surface area (Å²) in [7, 11) is 0. The number of amides is 3. The summed E-state index contributed by atoms with van der Waals surface area (Å²) in [6, 6.07) is 6.85. The van der Waals surface area contributed by atoms with Crippen molar-refractivity contribution >= 4 is 29.4 Å². The Morgan fingerprint density at radius 2 is 1.96 bits per heavy atom. The van der Waals surface area contributed by atoms with Gasteiger partial charge < -0.3 is 14.9 Å². The number of benzene rings is 1. The second-order valence-corrected chi connectivity index (χ2v) is 6.66. The molecule has 1 N–H and O–H groups in total. The molecule has 26 heavy (non-hydrogen) atoms. The monoisotopic (exact) mass is 359 g/mol. The average molecular weight is 359 g/mol. The van der Waals surface area contributed by atoms with Gasteiger partial charge in [-0.3, -0.25) is 24.1 Å². The van der Waals surface area contributed by atoms with Crippen LogP contribution in [0, 0.1) is 0 Å². The van der Waals surface area contributed by atoms with Gasteiger partial charge in [0.2, 0.25) is 11.8 Å². The summed E-state index contributed by atoms with van der Waals surface area (Å²) in [6.45, 7) is 2.98. The minimum Gasteiger partial charge on any atom is -0.480 e. The maximum Gasteiger partial charge on any atom is 0.323 e. The second-order valence-electron chi connectivity index (χ2n) is 6.66. The molecule has 2 aliphatic rings. The lowest BCUT2D eigenvalue weighted by atomic mass is 9.98. The zero-order valence-corrected chi connectivity index (χ0v) is 14.8. The van der Waals surface area contributed by atoms with Crippen LogP contribution >= 0.6 is 0 Å².